The second-order valence-corrected chi connectivity index (χ2v) is 4.38. The maximum Gasteiger partial charge on any atom is 0.269 e. The lowest BCUT2D eigenvalue weighted by molar-refractivity contribution is -0.385. The Balaban J connectivity index is 2.04. The lowest BCUT2D eigenvalue weighted by atomic mass is 10.1. The van der Waals surface area contributed by atoms with Crippen molar-refractivity contribution in [3.63, 3.8) is 0 Å². The first-order valence-corrected chi connectivity index (χ1v) is 5.81. The molecule has 1 saturated heterocycles. The lowest BCUT2D eigenvalue weighted by Gasteiger charge is -2.19. The standard InChI is InChI=1S/C12H16N2O3/c15-12(9-13-6-1-2-7-13)10-4-3-5-11(8-10)14(16)17/h3-5,8,12,15H,1-2,6-7,9H2. The van der Waals surface area contributed by atoms with Gasteiger partial charge in [0, 0.05) is 18.7 Å². The molecule has 0 amide bonds. The van der Waals surface area contributed by atoms with Crippen LogP contribution in [0.5, 0.6) is 0 Å². The van der Waals surface area contributed by atoms with E-state index in [1.54, 1.807) is 12.1 Å². The van der Waals surface area contributed by atoms with Crippen molar-refractivity contribution in [1.82, 2.24) is 4.90 Å². The predicted molar refractivity (Wildman–Crippen MR) is 63.7 cm³/mol. The molecule has 5 heteroatoms. The summed E-state index contributed by atoms with van der Waals surface area (Å²) in [5.74, 6) is 0. The molecule has 5 nitrogen and oxygen atoms in total. The highest BCUT2D eigenvalue weighted by Gasteiger charge is 2.18. The van der Waals surface area contributed by atoms with Crippen LogP contribution in [-0.2, 0) is 0 Å². The number of aliphatic hydroxyl groups excluding tert-OH is 1. The Kier molecular flexibility index (Phi) is 3.71. The van der Waals surface area contributed by atoms with E-state index in [-0.39, 0.29) is 5.69 Å². The Morgan fingerprint density at radius 2 is 2.12 bits per heavy atom. The first-order valence-electron chi connectivity index (χ1n) is 5.81. The largest absolute Gasteiger partial charge is 0.387 e. The van der Waals surface area contributed by atoms with E-state index in [0.29, 0.717) is 12.1 Å². The SMILES string of the molecule is O=[N+]([O-])c1cccc(C(O)CN2CCCC2)c1. The molecule has 0 aliphatic carbocycles. The molecule has 0 aromatic heterocycles. The van der Waals surface area contributed by atoms with Gasteiger partial charge in [-0.3, -0.25) is 10.1 Å². The van der Waals surface area contributed by atoms with Crippen molar-refractivity contribution >= 4 is 5.69 Å². The van der Waals surface area contributed by atoms with Gasteiger partial charge in [0.2, 0.25) is 0 Å². The quantitative estimate of drug-likeness (QED) is 0.638. The highest BCUT2D eigenvalue weighted by molar-refractivity contribution is 5.35. The van der Waals surface area contributed by atoms with E-state index in [0.717, 1.165) is 13.1 Å². The summed E-state index contributed by atoms with van der Waals surface area (Å²) in [4.78, 5) is 12.4. The topological polar surface area (TPSA) is 66.6 Å². The van der Waals surface area contributed by atoms with Gasteiger partial charge >= 0.3 is 0 Å². The molecule has 2 rings (SSSR count). The van der Waals surface area contributed by atoms with Crippen molar-refractivity contribution in [2.24, 2.45) is 0 Å². The normalized spacial score (nSPS) is 18.2. The average molecular weight is 236 g/mol. The number of β-amino-alcohol motifs (C(OH)–C–C–N with tert-alkyl or cyclic N) is 1. The van der Waals surface area contributed by atoms with E-state index in [2.05, 4.69) is 4.90 Å². The number of non-ortho nitro benzene ring substituents is 1. The molecule has 1 aromatic rings. The van der Waals surface area contributed by atoms with E-state index in [9.17, 15) is 15.2 Å². The molecule has 0 spiro atoms. The Labute approximate surface area is 99.8 Å². The van der Waals surface area contributed by atoms with E-state index in [1.165, 1.54) is 25.0 Å². The molecule has 1 aliphatic heterocycles. The number of nitro groups is 1. The van der Waals surface area contributed by atoms with Gasteiger partial charge in [0.1, 0.15) is 0 Å². The van der Waals surface area contributed by atoms with Gasteiger partial charge in [0.15, 0.2) is 0 Å². The smallest absolute Gasteiger partial charge is 0.269 e. The van der Waals surface area contributed by atoms with Crippen molar-refractivity contribution in [2.75, 3.05) is 19.6 Å². The minimum absolute atomic E-state index is 0.0305. The first kappa shape index (κ1) is 12.0. The molecule has 1 unspecified atom stereocenters. The van der Waals surface area contributed by atoms with E-state index < -0.39 is 11.0 Å². The van der Waals surface area contributed by atoms with Gasteiger partial charge in [-0.1, -0.05) is 12.1 Å². The summed E-state index contributed by atoms with van der Waals surface area (Å²) in [6, 6.07) is 6.22. The fourth-order valence-electron chi connectivity index (χ4n) is 2.16. The zero-order chi connectivity index (χ0) is 12.3. The van der Waals surface area contributed by atoms with Crippen LogP contribution in [-0.4, -0.2) is 34.6 Å². The molecule has 0 bridgehead atoms. The second-order valence-electron chi connectivity index (χ2n) is 4.38. The molecule has 1 aliphatic rings. The summed E-state index contributed by atoms with van der Waals surface area (Å²) in [5.41, 5.74) is 0.647. The van der Waals surface area contributed by atoms with Crippen LogP contribution in [0.15, 0.2) is 24.3 Å². The summed E-state index contributed by atoms with van der Waals surface area (Å²) >= 11 is 0. The van der Waals surface area contributed by atoms with Crippen LogP contribution in [0.2, 0.25) is 0 Å². The van der Waals surface area contributed by atoms with Gasteiger partial charge in [0.05, 0.1) is 11.0 Å². The number of likely N-dealkylation sites (tertiary alicyclic amines) is 1. The van der Waals surface area contributed by atoms with Crippen molar-refractivity contribution in [1.29, 1.82) is 0 Å². The average Bonchev–Trinajstić information content (AvgIpc) is 2.82. The zero-order valence-corrected chi connectivity index (χ0v) is 9.58. The third-order valence-electron chi connectivity index (χ3n) is 3.10. The highest BCUT2D eigenvalue weighted by Crippen LogP contribution is 2.21. The third kappa shape index (κ3) is 3.01. The number of hydrogen-bond donors (Lipinski definition) is 1. The highest BCUT2D eigenvalue weighted by atomic mass is 16.6. The van der Waals surface area contributed by atoms with Crippen LogP contribution >= 0.6 is 0 Å². The lowest BCUT2D eigenvalue weighted by Crippen LogP contribution is -2.25. The van der Waals surface area contributed by atoms with Gasteiger partial charge in [-0.2, -0.15) is 0 Å². The molecule has 0 radical (unpaired) electrons. The van der Waals surface area contributed by atoms with Crippen LogP contribution in [0.4, 0.5) is 5.69 Å². The van der Waals surface area contributed by atoms with E-state index in [4.69, 9.17) is 0 Å². The number of nitrogens with zero attached hydrogens (tertiary/aromatic N) is 2. The molecule has 1 N–H and O–H groups in total. The van der Waals surface area contributed by atoms with Gasteiger partial charge in [-0.15, -0.1) is 0 Å². The molecule has 17 heavy (non-hydrogen) atoms. The van der Waals surface area contributed by atoms with Gasteiger partial charge in [-0.05, 0) is 31.5 Å². The number of benzene rings is 1. The van der Waals surface area contributed by atoms with Crippen LogP contribution in [0.1, 0.15) is 24.5 Å². The van der Waals surface area contributed by atoms with Crippen LogP contribution < -0.4 is 0 Å². The van der Waals surface area contributed by atoms with Crippen molar-refractivity contribution in [3.8, 4) is 0 Å². The predicted octanol–water partition coefficient (Wildman–Crippen LogP) is 1.72. The van der Waals surface area contributed by atoms with Crippen molar-refractivity contribution in [3.05, 3.63) is 39.9 Å². The molecule has 1 atom stereocenters. The first-order chi connectivity index (χ1) is 8.16. The summed E-state index contributed by atoms with van der Waals surface area (Å²) in [6.45, 7) is 2.57. The zero-order valence-electron chi connectivity index (χ0n) is 9.58. The second kappa shape index (κ2) is 5.25. The molecule has 92 valence electrons. The molecule has 1 aromatic carbocycles. The Morgan fingerprint density at radius 1 is 1.41 bits per heavy atom. The number of aliphatic hydroxyl groups is 1. The fourth-order valence-corrected chi connectivity index (χ4v) is 2.16. The molecular weight excluding hydrogens is 220 g/mol. The van der Waals surface area contributed by atoms with Gasteiger partial charge in [0.25, 0.3) is 5.69 Å². The van der Waals surface area contributed by atoms with Crippen LogP contribution in [0, 0.1) is 10.1 Å². The number of hydrogen-bond acceptors (Lipinski definition) is 4. The molecule has 1 fully saturated rings. The Hall–Kier alpha value is -1.46. The Morgan fingerprint density at radius 3 is 2.76 bits per heavy atom. The molecule has 0 saturated carbocycles. The fraction of sp³-hybridized carbons (Fsp3) is 0.500. The summed E-state index contributed by atoms with van der Waals surface area (Å²) < 4.78 is 0. The number of nitro benzene ring substituents is 1. The maximum atomic E-state index is 10.6. The minimum atomic E-state index is -0.645. The van der Waals surface area contributed by atoms with Gasteiger partial charge < -0.3 is 10.0 Å². The number of rotatable bonds is 4. The van der Waals surface area contributed by atoms with Crippen LogP contribution in [0.25, 0.3) is 0 Å². The third-order valence-corrected chi connectivity index (χ3v) is 3.10. The molecular formula is C12H16N2O3. The van der Waals surface area contributed by atoms with Crippen molar-refractivity contribution < 1.29 is 10.0 Å². The Bertz CT molecular complexity index is 402. The van der Waals surface area contributed by atoms with E-state index >= 15 is 0 Å². The summed E-state index contributed by atoms with van der Waals surface area (Å²) in [7, 11) is 0. The monoisotopic (exact) mass is 236 g/mol. The summed E-state index contributed by atoms with van der Waals surface area (Å²) in [6.07, 6.45) is 1.69. The van der Waals surface area contributed by atoms with Crippen molar-refractivity contribution in [2.45, 2.75) is 18.9 Å². The van der Waals surface area contributed by atoms with Gasteiger partial charge in [-0.25, -0.2) is 0 Å². The summed E-state index contributed by atoms with van der Waals surface area (Å²) in [5, 5.41) is 20.7. The minimum Gasteiger partial charge on any atom is -0.387 e. The maximum absolute atomic E-state index is 10.6. The van der Waals surface area contributed by atoms with E-state index in [1.807, 2.05) is 0 Å². The molecule has 1 heterocycles. The van der Waals surface area contributed by atoms with Crippen LogP contribution in [0.3, 0.4) is 0 Å².